The number of carbonyl (C=O) groups is 3. The first kappa shape index (κ1) is 28.9. The molecule has 7 nitrogen and oxygen atoms in total. The third kappa shape index (κ3) is 4.83. The van der Waals surface area contributed by atoms with E-state index in [9.17, 15) is 19.5 Å². The van der Waals surface area contributed by atoms with Crippen LogP contribution < -0.4 is 4.90 Å². The van der Waals surface area contributed by atoms with E-state index in [4.69, 9.17) is 9.47 Å². The summed E-state index contributed by atoms with van der Waals surface area (Å²) >= 11 is 0. The smallest absolute Gasteiger partial charge is 0.303 e. The van der Waals surface area contributed by atoms with Crippen LogP contribution in [0.4, 0.5) is 5.69 Å². The summed E-state index contributed by atoms with van der Waals surface area (Å²) in [5, 5.41) is 9.70. The highest BCUT2D eigenvalue weighted by Gasteiger charge is 2.65. The lowest BCUT2D eigenvalue weighted by molar-refractivity contribution is -0.150. The number of nitrogens with zero attached hydrogens (tertiary/aromatic N) is 1. The third-order valence-electron chi connectivity index (χ3n) is 10.9. The van der Waals surface area contributed by atoms with E-state index in [-0.39, 0.29) is 42.5 Å². The monoisotopic (exact) mass is 571 g/mol. The molecule has 222 valence electrons. The number of aliphatic hydroxyl groups excluding tert-OH is 1. The summed E-state index contributed by atoms with van der Waals surface area (Å²) in [6.45, 7) is 6.12. The van der Waals surface area contributed by atoms with Crippen molar-refractivity contribution in [3.63, 3.8) is 0 Å². The standard InChI is InChI=1S/C35H41NO6/c1-23(38)42-22-32(40)35(13-3-17-37)14-12-31-29-10-6-25-20-27(39)9-11-28(25)33(29)30(21-34(31,35)2)24-4-7-26(8-5-24)36-15-18-41-19-16-36/h4-5,7-8,20,29-31,37H,6,9-12,14-19,21-22H2,1-2H3/t29-,30+,31-,34-,35+/m0/s1. The second-order valence-corrected chi connectivity index (χ2v) is 12.8. The van der Waals surface area contributed by atoms with Gasteiger partial charge in [0, 0.05) is 38.0 Å². The molecule has 0 amide bonds. The van der Waals surface area contributed by atoms with Crippen molar-refractivity contribution in [1.82, 2.24) is 0 Å². The van der Waals surface area contributed by atoms with E-state index in [0.29, 0.717) is 12.8 Å². The Hall–Kier alpha value is -3.21. The summed E-state index contributed by atoms with van der Waals surface area (Å²) in [5.41, 5.74) is 4.95. The summed E-state index contributed by atoms with van der Waals surface area (Å²) in [7, 11) is 0. The molecule has 7 heteroatoms. The van der Waals surface area contributed by atoms with Gasteiger partial charge in [-0.2, -0.15) is 0 Å². The molecule has 5 aliphatic rings. The lowest BCUT2D eigenvalue weighted by Crippen LogP contribution is -2.51. The number of benzene rings is 1. The number of hydrogen-bond donors (Lipinski definition) is 1. The molecule has 0 aromatic heterocycles. The molecule has 0 radical (unpaired) electrons. The number of morpholine rings is 1. The van der Waals surface area contributed by atoms with Crippen molar-refractivity contribution in [2.45, 2.75) is 64.7 Å². The van der Waals surface area contributed by atoms with Crippen LogP contribution >= 0.6 is 0 Å². The minimum Gasteiger partial charge on any atom is -0.458 e. The van der Waals surface area contributed by atoms with Crippen LogP contribution in [0, 0.1) is 34.5 Å². The number of anilines is 1. The first-order valence-corrected chi connectivity index (χ1v) is 15.4. The number of aliphatic hydroxyl groups is 1. The largest absolute Gasteiger partial charge is 0.458 e. The van der Waals surface area contributed by atoms with E-state index >= 15 is 0 Å². The maximum Gasteiger partial charge on any atom is 0.303 e. The fourth-order valence-electron chi connectivity index (χ4n) is 8.94. The quantitative estimate of drug-likeness (QED) is 0.410. The highest BCUT2D eigenvalue weighted by molar-refractivity contribution is 5.93. The predicted molar refractivity (Wildman–Crippen MR) is 159 cm³/mol. The van der Waals surface area contributed by atoms with E-state index in [1.807, 2.05) is 6.08 Å². The van der Waals surface area contributed by atoms with Crippen LogP contribution in [0.1, 0.15) is 70.3 Å². The zero-order valence-electron chi connectivity index (χ0n) is 24.7. The van der Waals surface area contributed by atoms with E-state index in [1.165, 1.54) is 34.9 Å². The SMILES string of the molecule is CC(=O)OCC(=O)[C@@]1(C#CCO)CC[C@H]2[C@@H]3CCC4=CC(=O)CCC4=C3[C@@H](c3ccc(N4CCOCC4)cc3)C[C@@]21C. The second kappa shape index (κ2) is 11.5. The Morgan fingerprint density at radius 2 is 1.88 bits per heavy atom. The summed E-state index contributed by atoms with van der Waals surface area (Å²) < 4.78 is 10.8. The lowest BCUT2D eigenvalue weighted by Gasteiger charge is -2.54. The normalized spacial score (nSPS) is 32.2. The van der Waals surface area contributed by atoms with Crippen molar-refractivity contribution < 1.29 is 29.0 Å². The fraction of sp³-hybridized carbons (Fsp3) is 0.571. The number of fused-ring (bicyclic) bond motifs is 4. The van der Waals surface area contributed by atoms with E-state index < -0.39 is 16.8 Å². The number of allylic oxidation sites excluding steroid dienone is 4. The Morgan fingerprint density at radius 1 is 1.12 bits per heavy atom. The van der Waals surface area contributed by atoms with Crippen LogP contribution in [-0.4, -0.2) is 62.2 Å². The Kier molecular flexibility index (Phi) is 7.89. The molecule has 6 rings (SSSR count). The van der Waals surface area contributed by atoms with Crippen molar-refractivity contribution in [3.8, 4) is 11.8 Å². The summed E-state index contributed by atoms with van der Waals surface area (Å²) in [4.78, 5) is 40.4. The molecule has 3 fully saturated rings. The van der Waals surface area contributed by atoms with Crippen molar-refractivity contribution in [3.05, 3.63) is 52.6 Å². The van der Waals surface area contributed by atoms with E-state index in [1.54, 1.807) is 0 Å². The average Bonchev–Trinajstić information content (AvgIpc) is 3.31. The Labute approximate surface area is 248 Å². The molecule has 1 aromatic carbocycles. The van der Waals surface area contributed by atoms with Crippen molar-refractivity contribution in [2.75, 3.05) is 44.4 Å². The van der Waals surface area contributed by atoms with Crippen LogP contribution in [-0.2, 0) is 23.9 Å². The molecule has 1 N–H and O–H groups in total. The number of rotatable bonds is 5. The molecule has 1 aromatic rings. The fourth-order valence-corrected chi connectivity index (χ4v) is 8.94. The first-order chi connectivity index (χ1) is 20.3. The Balaban J connectivity index is 1.45. The van der Waals surface area contributed by atoms with Gasteiger partial charge < -0.3 is 19.5 Å². The maximum atomic E-state index is 14.0. The molecule has 1 aliphatic heterocycles. The Morgan fingerprint density at radius 3 is 2.60 bits per heavy atom. The minimum absolute atomic E-state index is 0.0804. The van der Waals surface area contributed by atoms with Gasteiger partial charge in [0.25, 0.3) is 0 Å². The molecule has 0 bridgehead atoms. The molecular weight excluding hydrogens is 530 g/mol. The topological polar surface area (TPSA) is 93.1 Å². The van der Waals surface area contributed by atoms with Crippen LogP contribution in [0.15, 0.2) is 47.1 Å². The van der Waals surface area contributed by atoms with Gasteiger partial charge in [-0.3, -0.25) is 14.4 Å². The van der Waals surface area contributed by atoms with Gasteiger partial charge in [-0.25, -0.2) is 0 Å². The number of esters is 1. The lowest BCUT2D eigenvalue weighted by atomic mass is 9.48. The second-order valence-electron chi connectivity index (χ2n) is 12.8. The van der Waals surface area contributed by atoms with Crippen LogP contribution in [0.3, 0.4) is 0 Å². The van der Waals surface area contributed by atoms with Gasteiger partial charge in [0.05, 0.1) is 18.6 Å². The van der Waals surface area contributed by atoms with Gasteiger partial charge >= 0.3 is 5.97 Å². The van der Waals surface area contributed by atoms with Gasteiger partial charge in [-0.1, -0.05) is 36.5 Å². The zero-order chi connectivity index (χ0) is 29.5. The number of Topliss-reactive ketones (excluding diaryl/α,β-unsaturated/α-hetero) is 1. The van der Waals surface area contributed by atoms with Crippen molar-refractivity contribution >= 4 is 23.2 Å². The minimum atomic E-state index is -1.00. The highest BCUT2D eigenvalue weighted by Crippen LogP contribution is 2.69. The molecule has 1 heterocycles. The van der Waals surface area contributed by atoms with Gasteiger partial charge in [0.1, 0.15) is 6.61 Å². The van der Waals surface area contributed by atoms with Gasteiger partial charge in [0.15, 0.2) is 18.2 Å². The summed E-state index contributed by atoms with van der Waals surface area (Å²) in [5.74, 6) is 6.27. The number of hydrogen-bond acceptors (Lipinski definition) is 7. The molecular formula is C35H41NO6. The maximum absolute atomic E-state index is 14.0. The third-order valence-corrected chi connectivity index (χ3v) is 10.9. The number of carbonyl (C=O) groups excluding carboxylic acids is 3. The molecule has 0 unspecified atom stereocenters. The molecule has 2 saturated carbocycles. The van der Waals surface area contributed by atoms with Crippen molar-refractivity contribution in [1.29, 1.82) is 0 Å². The highest BCUT2D eigenvalue weighted by atomic mass is 16.5. The molecule has 4 aliphatic carbocycles. The van der Waals surface area contributed by atoms with Crippen molar-refractivity contribution in [2.24, 2.45) is 22.7 Å². The number of ether oxygens (including phenoxy) is 2. The molecule has 1 saturated heterocycles. The summed E-state index contributed by atoms with van der Waals surface area (Å²) in [6.07, 6.45) is 7.20. The van der Waals surface area contributed by atoms with Crippen LogP contribution in [0.2, 0.25) is 0 Å². The van der Waals surface area contributed by atoms with E-state index in [2.05, 4.69) is 47.9 Å². The van der Waals surface area contributed by atoms with Crippen LogP contribution in [0.25, 0.3) is 0 Å². The zero-order valence-corrected chi connectivity index (χ0v) is 24.7. The molecule has 0 spiro atoms. The Bertz CT molecular complexity index is 1390. The predicted octanol–water partition coefficient (Wildman–Crippen LogP) is 4.54. The van der Waals surface area contributed by atoms with Crippen LogP contribution in [0.5, 0.6) is 0 Å². The molecule has 5 atom stereocenters. The van der Waals surface area contributed by atoms with Gasteiger partial charge in [-0.05, 0) is 90.7 Å². The van der Waals surface area contributed by atoms with E-state index in [0.717, 1.165) is 58.4 Å². The average molecular weight is 572 g/mol. The number of ketones is 2. The first-order valence-electron chi connectivity index (χ1n) is 15.4. The van der Waals surface area contributed by atoms with Gasteiger partial charge in [-0.15, -0.1) is 0 Å². The molecule has 42 heavy (non-hydrogen) atoms. The van der Waals surface area contributed by atoms with Gasteiger partial charge in [0.2, 0.25) is 0 Å². The summed E-state index contributed by atoms with van der Waals surface area (Å²) in [6, 6.07) is 8.90.